The van der Waals surface area contributed by atoms with Gasteiger partial charge in [0.2, 0.25) is 10.0 Å². The second-order valence-electron chi connectivity index (χ2n) is 4.26. The molecule has 9 heteroatoms. The fourth-order valence-electron chi connectivity index (χ4n) is 1.48. The van der Waals surface area contributed by atoms with Gasteiger partial charge in [0.25, 0.3) is 6.43 Å². The number of halogens is 2. The van der Waals surface area contributed by atoms with Gasteiger partial charge < -0.3 is 10.1 Å². The average Bonchev–Trinajstić information content (AvgIpc) is 2.88. The summed E-state index contributed by atoms with van der Waals surface area (Å²) >= 11 is 1.19. The van der Waals surface area contributed by atoms with Crippen molar-refractivity contribution in [2.45, 2.75) is 30.5 Å². The fraction of sp³-hybridized carbons (Fsp3) is 0.667. The van der Waals surface area contributed by atoms with Crippen molar-refractivity contribution in [2.24, 2.45) is 0 Å². The van der Waals surface area contributed by atoms with E-state index >= 15 is 0 Å². The molecule has 0 radical (unpaired) electrons. The lowest BCUT2D eigenvalue weighted by atomic mass is 10.4. The molecule has 0 aromatic carbocycles. The summed E-state index contributed by atoms with van der Waals surface area (Å²) in [5.41, 5.74) is 0. The molecule has 2 N–H and O–H groups in total. The molecule has 0 fully saturated rings. The van der Waals surface area contributed by atoms with Gasteiger partial charge in [0, 0.05) is 18.0 Å². The van der Waals surface area contributed by atoms with E-state index in [-0.39, 0.29) is 17.4 Å². The highest BCUT2D eigenvalue weighted by Gasteiger charge is 2.16. The highest BCUT2D eigenvalue weighted by molar-refractivity contribution is 7.91. The molecule has 5 nitrogen and oxygen atoms in total. The molecule has 1 heterocycles. The Bertz CT molecular complexity index is 506. The Morgan fingerprint density at radius 2 is 2.10 bits per heavy atom. The third-order valence-corrected chi connectivity index (χ3v) is 5.45. The summed E-state index contributed by atoms with van der Waals surface area (Å²) < 4.78 is 54.7. The van der Waals surface area contributed by atoms with E-state index in [0.717, 1.165) is 17.8 Å². The number of nitrogens with one attached hydrogen (secondary N) is 2. The van der Waals surface area contributed by atoms with Crippen LogP contribution in [0.15, 0.2) is 16.3 Å². The summed E-state index contributed by atoms with van der Waals surface area (Å²) in [5.74, 6) is 0. The van der Waals surface area contributed by atoms with Crippen molar-refractivity contribution in [1.82, 2.24) is 10.0 Å². The summed E-state index contributed by atoms with van der Waals surface area (Å²) in [6.45, 7) is 2.76. The number of sulfonamides is 1. The largest absolute Gasteiger partial charge is 0.374 e. The zero-order valence-electron chi connectivity index (χ0n) is 11.8. The minimum Gasteiger partial charge on any atom is -0.374 e. The third-order valence-electron chi connectivity index (χ3n) is 2.41. The van der Waals surface area contributed by atoms with Crippen LogP contribution in [-0.2, 0) is 21.3 Å². The number of hydrogen-bond acceptors (Lipinski definition) is 5. The van der Waals surface area contributed by atoms with E-state index in [1.54, 1.807) is 6.07 Å². The summed E-state index contributed by atoms with van der Waals surface area (Å²) in [5, 5.41) is 3.19. The first-order valence-electron chi connectivity index (χ1n) is 6.60. The maximum Gasteiger partial charge on any atom is 0.261 e. The molecule has 1 aromatic heterocycles. The van der Waals surface area contributed by atoms with Gasteiger partial charge in [-0.15, -0.1) is 11.3 Å². The highest BCUT2D eigenvalue weighted by atomic mass is 32.2. The van der Waals surface area contributed by atoms with E-state index < -0.39 is 23.1 Å². The monoisotopic (exact) mass is 342 g/mol. The van der Waals surface area contributed by atoms with Crippen LogP contribution in [0.1, 0.15) is 18.2 Å². The van der Waals surface area contributed by atoms with Crippen LogP contribution in [0.25, 0.3) is 0 Å². The molecule has 0 atom stereocenters. The molecule has 0 bridgehead atoms. The predicted molar refractivity (Wildman–Crippen MR) is 78.3 cm³/mol. The van der Waals surface area contributed by atoms with Gasteiger partial charge in [0.15, 0.2) is 0 Å². The fourth-order valence-corrected chi connectivity index (χ4v) is 3.86. The van der Waals surface area contributed by atoms with Crippen molar-refractivity contribution < 1.29 is 21.9 Å². The molecule has 122 valence electrons. The first-order chi connectivity index (χ1) is 9.95. The lowest BCUT2D eigenvalue weighted by molar-refractivity contribution is 0.0199. The van der Waals surface area contributed by atoms with Gasteiger partial charge in [0.05, 0.1) is 6.61 Å². The third kappa shape index (κ3) is 7.28. The van der Waals surface area contributed by atoms with Crippen LogP contribution in [-0.4, -0.2) is 41.1 Å². The summed E-state index contributed by atoms with van der Waals surface area (Å²) in [6, 6.07) is 3.30. The van der Waals surface area contributed by atoms with E-state index in [2.05, 4.69) is 21.7 Å². The van der Waals surface area contributed by atoms with E-state index in [1.807, 2.05) is 0 Å². The molecule has 0 saturated carbocycles. The van der Waals surface area contributed by atoms with E-state index in [0.29, 0.717) is 6.54 Å². The molecule has 0 unspecified atom stereocenters. The normalized spacial score (nSPS) is 12.2. The average molecular weight is 342 g/mol. The van der Waals surface area contributed by atoms with E-state index in [9.17, 15) is 17.2 Å². The molecular formula is C12H20F2N2O3S2. The predicted octanol–water partition coefficient (Wildman–Crippen LogP) is 1.81. The SMILES string of the molecule is CCCNCc1ccc(S(=O)(=O)NCCOCC(F)F)s1. The van der Waals surface area contributed by atoms with E-state index in [1.165, 1.54) is 17.4 Å². The standard InChI is InChI=1S/C12H20F2N2O3S2/c1-2-5-15-8-10-3-4-12(20-10)21(17,18)16-6-7-19-9-11(13)14/h3-4,11,15-16H,2,5-9H2,1H3. The zero-order valence-corrected chi connectivity index (χ0v) is 13.4. The lowest BCUT2D eigenvalue weighted by Crippen LogP contribution is -2.27. The Kier molecular flexibility index (Phi) is 8.27. The minimum absolute atomic E-state index is 0.0314. The van der Waals surface area contributed by atoms with Crippen LogP contribution < -0.4 is 10.0 Å². The first kappa shape index (κ1) is 18.4. The smallest absolute Gasteiger partial charge is 0.261 e. The van der Waals surface area contributed by atoms with Crippen molar-refractivity contribution in [2.75, 3.05) is 26.3 Å². The van der Waals surface area contributed by atoms with Gasteiger partial charge in [-0.25, -0.2) is 21.9 Å². The maximum absolute atomic E-state index is 11.9. The van der Waals surface area contributed by atoms with Crippen LogP contribution in [0.5, 0.6) is 0 Å². The van der Waals surface area contributed by atoms with Gasteiger partial charge >= 0.3 is 0 Å². The Balaban J connectivity index is 2.39. The Morgan fingerprint density at radius 3 is 2.76 bits per heavy atom. The molecule has 0 aliphatic heterocycles. The van der Waals surface area contributed by atoms with Crippen molar-refractivity contribution in [3.63, 3.8) is 0 Å². The Morgan fingerprint density at radius 1 is 1.33 bits per heavy atom. The topological polar surface area (TPSA) is 67.4 Å². The van der Waals surface area contributed by atoms with Gasteiger partial charge in [-0.3, -0.25) is 0 Å². The van der Waals surface area contributed by atoms with Crippen molar-refractivity contribution >= 4 is 21.4 Å². The van der Waals surface area contributed by atoms with Gasteiger partial charge in [-0.2, -0.15) is 0 Å². The Hall–Kier alpha value is -0.610. The molecule has 0 spiro atoms. The van der Waals surface area contributed by atoms with Gasteiger partial charge in [0.1, 0.15) is 10.8 Å². The number of thiophene rings is 1. The van der Waals surface area contributed by atoms with E-state index in [4.69, 9.17) is 0 Å². The molecule has 0 amide bonds. The second-order valence-corrected chi connectivity index (χ2v) is 7.42. The second kappa shape index (κ2) is 9.42. The molecule has 0 aliphatic rings. The van der Waals surface area contributed by atoms with Crippen molar-refractivity contribution in [3.8, 4) is 0 Å². The Labute approximate surface area is 127 Å². The number of hydrogen-bond donors (Lipinski definition) is 2. The van der Waals surface area contributed by atoms with Crippen LogP contribution in [0.3, 0.4) is 0 Å². The maximum atomic E-state index is 11.9. The number of rotatable bonds is 11. The minimum atomic E-state index is -3.60. The number of alkyl halides is 2. The van der Waals surface area contributed by atoms with Crippen molar-refractivity contribution in [1.29, 1.82) is 0 Å². The van der Waals surface area contributed by atoms with Crippen molar-refractivity contribution in [3.05, 3.63) is 17.0 Å². The molecule has 1 rings (SSSR count). The molecule has 1 aromatic rings. The van der Waals surface area contributed by atoms with Gasteiger partial charge in [-0.05, 0) is 25.1 Å². The quantitative estimate of drug-likeness (QED) is 0.602. The molecule has 21 heavy (non-hydrogen) atoms. The number of ether oxygens (including phenoxy) is 1. The molecule has 0 aliphatic carbocycles. The van der Waals surface area contributed by atoms with Crippen LogP contribution in [0, 0.1) is 0 Å². The van der Waals surface area contributed by atoms with Crippen LogP contribution in [0.2, 0.25) is 0 Å². The molecule has 0 saturated heterocycles. The summed E-state index contributed by atoms with van der Waals surface area (Å²) in [7, 11) is -3.60. The molecular weight excluding hydrogens is 322 g/mol. The summed E-state index contributed by atoms with van der Waals surface area (Å²) in [6.07, 6.45) is -1.53. The van der Waals surface area contributed by atoms with Gasteiger partial charge in [-0.1, -0.05) is 6.92 Å². The highest BCUT2D eigenvalue weighted by Crippen LogP contribution is 2.21. The first-order valence-corrected chi connectivity index (χ1v) is 8.90. The van der Waals surface area contributed by atoms with Crippen LogP contribution >= 0.6 is 11.3 Å². The zero-order chi connectivity index (χ0) is 15.7. The summed E-state index contributed by atoms with van der Waals surface area (Å²) in [4.78, 5) is 0.928. The lowest BCUT2D eigenvalue weighted by Gasteiger charge is -2.05. The van der Waals surface area contributed by atoms with Crippen LogP contribution in [0.4, 0.5) is 8.78 Å².